The van der Waals surface area contributed by atoms with Crippen molar-refractivity contribution >= 4 is 27.4 Å². The van der Waals surface area contributed by atoms with E-state index in [0.29, 0.717) is 5.82 Å². The normalized spacial score (nSPS) is 10.8. The van der Waals surface area contributed by atoms with Crippen LogP contribution in [-0.2, 0) is 0 Å². The lowest BCUT2D eigenvalue weighted by Gasteiger charge is -2.06. The number of thiophene rings is 1. The molecule has 5 nitrogen and oxygen atoms in total. The van der Waals surface area contributed by atoms with E-state index in [9.17, 15) is 0 Å². The molecule has 19 heavy (non-hydrogen) atoms. The number of aryl methyl sites for hydroxylation is 1. The maximum atomic E-state index is 4.59. The molecule has 0 spiro atoms. The second-order valence-corrected chi connectivity index (χ2v) is 5.33. The first-order chi connectivity index (χ1) is 9.28. The van der Waals surface area contributed by atoms with E-state index in [0.717, 1.165) is 28.3 Å². The lowest BCUT2D eigenvalue weighted by atomic mass is 10.3. The van der Waals surface area contributed by atoms with E-state index in [2.05, 4.69) is 45.2 Å². The van der Waals surface area contributed by atoms with Crippen LogP contribution in [0.1, 0.15) is 11.8 Å². The van der Waals surface area contributed by atoms with Crippen LogP contribution in [0.4, 0.5) is 5.82 Å². The van der Waals surface area contributed by atoms with Gasteiger partial charge in [-0.05, 0) is 26.0 Å². The molecule has 3 aromatic rings. The van der Waals surface area contributed by atoms with Gasteiger partial charge in [-0.25, -0.2) is 19.9 Å². The van der Waals surface area contributed by atoms with E-state index < -0.39 is 0 Å². The van der Waals surface area contributed by atoms with Gasteiger partial charge in [0.05, 0.1) is 5.39 Å². The van der Waals surface area contributed by atoms with E-state index >= 15 is 0 Å². The summed E-state index contributed by atoms with van der Waals surface area (Å²) >= 11 is 1.67. The molecule has 3 heterocycles. The number of nitrogens with zero attached hydrogens (tertiary/aromatic N) is 4. The van der Waals surface area contributed by atoms with Crippen molar-refractivity contribution in [1.29, 1.82) is 0 Å². The van der Waals surface area contributed by atoms with Gasteiger partial charge in [0.2, 0.25) is 0 Å². The Morgan fingerprint density at radius 1 is 1.32 bits per heavy atom. The Bertz CT molecular complexity index is 708. The molecule has 0 aliphatic rings. The molecule has 0 atom stereocenters. The Hall–Kier alpha value is -2.08. The minimum Gasteiger partial charge on any atom is -0.370 e. The first kappa shape index (κ1) is 12.0. The van der Waals surface area contributed by atoms with Crippen LogP contribution in [0.2, 0.25) is 0 Å². The van der Waals surface area contributed by atoms with Gasteiger partial charge in [-0.15, -0.1) is 11.3 Å². The molecule has 0 bridgehead atoms. The van der Waals surface area contributed by atoms with Gasteiger partial charge in [-0.1, -0.05) is 0 Å². The van der Waals surface area contributed by atoms with E-state index in [1.54, 1.807) is 17.5 Å². The third-order valence-corrected chi connectivity index (χ3v) is 3.62. The minimum atomic E-state index is 0.632. The summed E-state index contributed by atoms with van der Waals surface area (Å²) in [5.74, 6) is 1.50. The van der Waals surface area contributed by atoms with Crippen LogP contribution in [0.5, 0.6) is 0 Å². The van der Waals surface area contributed by atoms with Crippen LogP contribution < -0.4 is 5.32 Å². The fourth-order valence-electron chi connectivity index (χ4n) is 1.88. The van der Waals surface area contributed by atoms with E-state index in [-0.39, 0.29) is 0 Å². The minimum absolute atomic E-state index is 0.632. The molecular weight excluding hydrogens is 258 g/mol. The van der Waals surface area contributed by atoms with Crippen molar-refractivity contribution in [3.63, 3.8) is 0 Å². The van der Waals surface area contributed by atoms with Crippen LogP contribution in [0, 0.1) is 6.92 Å². The Labute approximate surface area is 114 Å². The lowest BCUT2D eigenvalue weighted by Crippen LogP contribution is -2.02. The number of hydrogen-bond acceptors (Lipinski definition) is 6. The summed E-state index contributed by atoms with van der Waals surface area (Å²) in [5, 5.41) is 4.36. The zero-order valence-corrected chi connectivity index (χ0v) is 11.5. The standard InChI is InChI=1S/C13H13N5S/c1-3-15-11-9-6-8(2)19-13(9)18-12(17-11)10-4-5-14-7-16-10/h4-7H,3H2,1-2H3,(H,15,17,18). The van der Waals surface area contributed by atoms with Gasteiger partial charge in [0, 0.05) is 17.6 Å². The molecule has 0 saturated carbocycles. The van der Waals surface area contributed by atoms with Crippen LogP contribution in [-0.4, -0.2) is 26.5 Å². The topological polar surface area (TPSA) is 63.6 Å². The molecule has 3 aromatic heterocycles. The summed E-state index contributed by atoms with van der Waals surface area (Å²) in [6.07, 6.45) is 3.21. The summed E-state index contributed by atoms with van der Waals surface area (Å²) in [6, 6.07) is 3.93. The van der Waals surface area contributed by atoms with Crippen LogP contribution in [0.25, 0.3) is 21.7 Å². The molecule has 1 N–H and O–H groups in total. The predicted octanol–water partition coefficient (Wildman–Crippen LogP) is 2.89. The van der Waals surface area contributed by atoms with E-state index in [1.165, 1.54) is 11.2 Å². The highest BCUT2D eigenvalue weighted by Gasteiger charge is 2.11. The highest BCUT2D eigenvalue weighted by atomic mass is 32.1. The zero-order valence-electron chi connectivity index (χ0n) is 10.7. The lowest BCUT2D eigenvalue weighted by molar-refractivity contribution is 1.11. The summed E-state index contributed by atoms with van der Waals surface area (Å²) < 4.78 is 0. The van der Waals surface area contributed by atoms with Crippen LogP contribution >= 0.6 is 11.3 Å². The maximum absolute atomic E-state index is 4.59. The van der Waals surface area contributed by atoms with Gasteiger partial charge < -0.3 is 5.32 Å². The van der Waals surface area contributed by atoms with Crippen LogP contribution in [0.15, 0.2) is 24.7 Å². The monoisotopic (exact) mass is 271 g/mol. The van der Waals surface area contributed by atoms with Crippen molar-refractivity contribution in [2.75, 3.05) is 11.9 Å². The molecule has 0 fully saturated rings. The molecule has 0 aliphatic heterocycles. The average Bonchev–Trinajstić information content (AvgIpc) is 2.80. The Balaban J connectivity index is 2.21. The fourth-order valence-corrected chi connectivity index (χ4v) is 2.76. The Morgan fingerprint density at radius 3 is 2.95 bits per heavy atom. The smallest absolute Gasteiger partial charge is 0.181 e. The largest absolute Gasteiger partial charge is 0.370 e. The summed E-state index contributed by atoms with van der Waals surface area (Å²) in [4.78, 5) is 19.5. The molecule has 0 aliphatic carbocycles. The molecule has 0 saturated heterocycles. The Morgan fingerprint density at radius 2 is 2.21 bits per heavy atom. The number of fused-ring (bicyclic) bond motifs is 1. The Kier molecular flexibility index (Phi) is 3.08. The highest BCUT2D eigenvalue weighted by molar-refractivity contribution is 7.18. The van der Waals surface area contributed by atoms with E-state index in [4.69, 9.17) is 0 Å². The quantitative estimate of drug-likeness (QED) is 0.793. The number of anilines is 1. The number of hydrogen-bond donors (Lipinski definition) is 1. The fraction of sp³-hybridized carbons (Fsp3) is 0.231. The molecule has 3 rings (SSSR count). The van der Waals surface area contributed by atoms with Crippen molar-refractivity contribution in [2.24, 2.45) is 0 Å². The SMILES string of the molecule is CCNc1nc(-c2ccncn2)nc2sc(C)cc12. The van der Waals surface area contributed by atoms with Gasteiger partial charge in [0.25, 0.3) is 0 Å². The third kappa shape index (κ3) is 2.26. The molecule has 0 unspecified atom stereocenters. The summed E-state index contributed by atoms with van der Waals surface area (Å²) in [7, 11) is 0. The van der Waals surface area contributed by atoms with Crippen molar-refractivity contribution in [1.82, 2.24) is 19.9 Å². The van der Waals surface area contributed by atoms with Crippen molar-refractivity contribution < 1.29 is 0 Å². The van der Waals surface area contributed by atoms with Crippen molar-refractivity contribution in [3.8, 4) is 11.5 Å². The third-order valence-electron chi connectivity index (χ3n) is 2.67. The first-order valence-corrected chi connectivity index (χ1v) is 6.88. The maximum Gasteiger partial charge on any atom is 0.181 e. The number of nitrogens with one attached hydrogen (secondary N) is 1. The van der Waals surface area contributed by atoms with Gasteiger partial charge >= 0.3 is 0 Å². The number of rotatable bonds is 3. The van der Waals surface area contributed by atoms with Crippen molar-refractivity contribution in [2.45, 2.75) is 13.8 Å². The second kappa shape index (κ2) is 4.89. The highest BCUT2D eigenvalue weighted by Crippen LogP contribution is 2.30. The van der Waals surface area contributed by atoms with E-state index in [1.807, 2.05) is 6.07 Å². The van der Waals surface area contributed by atoms with Gasteiger partial charge in [0.1, 0.15) is 22.7 Å². The van der Waals surface area contributed by atoms with Gasteiger partial charge in [-0.3, -0.25) is 0 Å². The molecule has 96 valence electrons. The van der Waals surface area contributed by atoms with Crippen molar-refractivity contribution in [3.05, 3.63) is 29.5 Å². The van der Waals surface area contributed by atoms with Gasteiger partial charge in [-0.2, -0.15) is 0 Å². The molecule has 6 heteroatoms. The number of aromatic nitrogens is 4. The molecule has 0 amide bonds. The average molecular weight is 271 g/mol. The summed E-state index contributed by atoms with van der Waals surface area (Å²) in [6.45, 7) is 4.95. The second-order valence-electron chi connectivity index (χ2n) is 4.10. The van der Waals surface area contributed by atoms with Gasteiger partial charge in [0.15, 0.2) is 5.82 Å². The first-order valence-electron chi connectivity index (χ1n) is 6.06. The summed E-state index contributed by atoms with van der Waals surface area (Å²) in [5.41, 5.74) is 0.738. The van der Waals surface area contributed by atoms with Crippen LogP contribution in [0.3, 0.4) is 0 Å². The molecular formula is C13H13N5S. The zero-order chi connectivity index (χ0) is 13.2. The molecule has 0 aromatic carbocycles. The molecule has 0 radical (unpaired) electrons. The predicted molar refractivity (Wildman–Crippen MR) is 77.3 cm³/mol.